The van der Waals surface area contributed by atoms with E-state index in [0.717, 1.165) is 12.0 Å². The molecule has 0 aliphatic rings. The molecule has 0 bridgehead atoms. The predicted molar refractivity (Wildman–Crippen MR) is 54.6 cm³/mol. The molecule has 2 aromatic rings. The van der Waals surface area contributed by atoms with Gasteiger partial charge < -0.3 is 4.42 Å². The molecule has 0 N–H and O–H groups in total. The highest BCUT2D eigenvalue weighted by Gasteiger charge is 2.12. The Morgan fingerprint density at radius 2 is 2.20 bits per heavy atom. The molecular weight excluding hydrogens is 192 g/mol. The van der Waals surface area contributed by atoms with E-state index in [1.807, 2.05) is 6.92 Å². The normalized spacial score (nSPS) is 10.3. The zero-order valence-corrected chi connectivity index (χ0v) is 8.52. The van der Waals surface area contributed by atoms with Crippen LogP contribution in [0.4, 0.5) is 0 Å². The van der Waals surface area contributed by atoms with Crippen molar-refractivity contribution in [3.05, 3.63) is 35.6 Å². The van der Waals surface area contributed by atoms with E-state index < -0.39 is 0 Å². The van der Waals surface area contributed by atoms with Crippen molar-refractivity contribution in [3.63, 3.8) is 0 Å². The molecule has 0 amide bonds. The van der Waals surface area contributed by atoms with E-state index in [4.69, 9.17) is 4.42 Å². The maximum Gasteiger partial charge on any atom is 0.192 e. The average Bonchev–Trinajstić information content (AvgIpc) is 2.57. The summed E-state index contributed by atoms with van der Waals surface area (Å²) >= 11 is 0. The van der Waals surface area contributed by atoms with Crippen molar-refractivity contribution in [1.82, 2.24) is 9.97 Å². The highest BCUT2D eigenvalue weighted by molar-refractivity contribution is 5.85. The fourth-order valence-electron chi connectivity index (χ4n) is 1.48. The molecule has 0 saturated heterocycles. The lowest BCUT2D eigenvalue weighted by Gasteiger charge is -1.99. The number of rotatable bonds is 2. The molecular formula is C11H10N2O2. The molecule has 2 heterocycles. The van der Waals surface area contributed by atoms with Crippen LogP contribution in [0.3, 0.4) is 0 Å². The third-order valence-electron chi connectivity index (χ3n) is 2.13. The van der Waals surface area contributed by atoms with E-state index in [1.54, 1.807) is 25.4 Å². The van der Waals surface area contributed by atoms with Crippen molar-refractivity contribution >= 4 is 6.29 Å². The molecule has 0 atom stereocenters. The van der Waals surface area contributed by atoms with Gasteiger partial charge in [-0.2, -0.15) is 0 Å². The fraction of sp³-hybridized carbons (Fsp3) is 0.182. The Hall–Kier alpha value is -1.97. The van der Waals surface area contributed by atoms with Crippen LogP contribution < -0.4 is 0 Å². The van der Waals surface area contributed by atoms with Gasteiger partial charge in [0, 0.05) is 30.4 Å². The largest absolute Gasteiger partial charge is 0.441 e. The lowest BCUT2D eigenvalue weighted by atomic mass is 10.1. The highest BCUT2D eigenvalue weighted by Crippen LogP contribution is 2.25. The smallest absolute Gasteiger partial charge is 0.192 e. The molecule has 0 spiro atoms. The molecule has 2 aromatic heterocycles. The van der Waals surface area contributed by atoms with Crippen LogP contribution in [-0.4, -0.2) is 16.3 Å². The number of nitrogens with zero attached hydrogens (tertiary/aromatic N) is 2. The van der Waals surface area contributed by atoms with Gasteiger partial charge in [0.1, 0.15) is 0 Å². The highest BCUT2D eigenvalue weighted by atomic mass is 16.4. The quantitative estimate of drug-likeness (QED) is 0.700. The minimum absolute atomic E-state index is 0.559. The number of aldehydes is 1. The summed E-state index contributed by atoms with van der Waals surface area (Å²) in [7, 11) is 0. The molecule has 15 heavy (non-hydrogen) atoms. The van der Waals surface area contributed by atoms with Crippen LogP contribution in [0.5, 0.6) is 0 Å². The van der Waals surface area contributed by atoms with Crippen LogP contribution in [0, 0.1) is 13.8 Å². The van der Waals surface area contributed by atoms with Crippen molar-refractivity contribution in [3.8, 4) is 11.3 Å². The van der Waals surface area contributed by atoms with Crippen molar-refractivity contribution in [2.24, 2.45) is 0 Å². The van der Waals surface area contributed by atoms with E-state index in [1.165, 1.54) is 0 Å². The van der Waals surface area contributed by atoms with Crippen molar-refractivity contribution < 1.29 is 9.21 Å². The van der Waals surface area contributed by atoms with Gasteiger partial charge in [0.2, 0.25) is 0 Å². The lowest BCUT2D eigenvalue weighted by molar-refractivity contribution is 0.112. The maximum atomic E-state index is 10.8. The summed E-state index contributed by atoms with van der Waals surface area (Å²) in [5, 5.41) is 0. The Morgan fingerprint density at radius 1 is 1.40 bits per heavy atom. The van der Waals surface area contributed by atoms with Gasteiger partial charge in [-0.1, -0.05) is 0 Å². The molecule has 0 aromatic carbocycles. The number of oxazole rings is 1. The minimum Gasteiger partial charge on any atom is -0.441 e. The van der Waals surface area contributed by atoms with Gasteiger partial charge in [0.15, 0.2) is 17.9 Å². The van der Waals surface area contributed by atoms with E-state index in [0.29, 0.717) is 22.8 Å². The Morgan fingerprint density at radius 3 is 2.80 bits per heavy atom. The first-order valence-corrected chi connectivity index (χ1v) is 4.56. The third-order valence-corrected chi connectivity index (χ3v) is 2.13. The molecule has 2 rings (SSSR count). The summed E-state index contributed by atoms with van der Waals surface area (Å²) in [5.41, 5.74) is 2.01. The summed E-state index contributed by atoms with van der Waals surface area (Å²) in [5.74, 6) is 1.20. The molecule has 0 aliphatic heterocycles. The molecule has 0 unspecified atom stereocenters. The van der Waals surface area contributed by atoms with E-state index >= 15 is 0 Å². The van der Waals surface area contributed by atoms with Crippen LogP contribution in [0.15, 0.2) is 22.9 Å². The molecule has 0 fully saturated rings. The number of carbonyl (C=O) groups excluding carboxylic acids is 1. The second kappa shape index (κ2) is 3.65. The van der Waals surface area contributed by atoms with Crippen LogP contribution in [-0.2, 0) is 0 Å². The summed E-state index contributed by atoms with van der Waals surface area (Å²) in [6.45, 7) is 3.61. The molecule has 0 aliphatic carbocycles. The lowest BCUT2D eigenvalue weighted by Crippen LogP contribution is -1.88. The summed E-state index contributed by atoms with van der Waals surface area (Å²) < 4.78 is 5.43. The first kappa shape index (κ1) is 9.58. The topological polar surface area (TPSA) is 56.0 Å². The Labute approximate surface area is 87.0 Å². The predicted octanol–water partition coefficient (Wildman–Crippen LogP) is 2.17. The van der Waals surface area contributed by atoms with Crippen LogP contribution in [0.25, 0.3) is 11.3 Å². The Kier molecular flexibility index (Phi) is 2.33. The van der Waals surface area contributed by atoms with E-state index in [9.17, 15) is 4.79 Å². The van der Waals surface area contributed by atoms with Gasteiger partial charge in [-0.05, 0) is 13.0 Å². The van der Waals surface area contributed by atoms with Gasteiger partial charge in [-0.15, -0.1) is 0 Å². The SMILES string of the molecule is Cc1nc(C)c(-c2cnccc2C=O)o1. The Bertz CT molecular complexity index is 503. The fourth-order valence-corrected chi connectivity index (χ4v) is 1.48. The number of aromatic nitrogens is 2. The average molecular weight is 202 g/mol. The molecule has 4 heteroatoms. The molecule has 0 radical (unpaired) electrons. The number of carbonyl (C=O) groups is 1. The minimum atomic E-state index is 0.559. The first-order valence-electron chi connectivity index (χ1n) is 4.56. The van der Waals surface area contributed by atoms with E-state index in [2.05, 4.69) is 9.97 Å². The van der Waals surface area contributed by atoms with Crippen LogP contribution in [0.1, 0.15) is 21.9 Å². The van der Waals surface area contributed by atoms with Gasteiger partial charge in [0.25, 0.3) is 0 Å². The molecule has 76 valence electrons. The molecule has 0 saturated carbocycles. The number of hydrogen-bond acceptors (Lipinski definition) is 4. The zero-order chi connectivity index (χ0) is 10.8. The van der Waals surface area contributed by atoms with E-state index in [-0.39, 0.29) is 0 Å². The molecule has 4 nitrogen and oxygen atoms in total. The number of pyridine rings is 1. The first-order chi connectivity index (χ1) is 7.22. The second-order valence-corrected chi connectivity index (χ2v) is 3.23. The maximum absolute atomic E-state index is 10.8. The van der Waals surface area contributed by atoms with Crippen LogP contribution >= 0.6 is 0 Å². The number of hydrogen-bond donors (Lipinski definition) is 0. The van der Waals surface area contributed by atoms with Crippen LogP contribution in [0.2, 0.25) is 0 Å². The van der Waals surface area contributed by atoms with Crippen molar-refractivity contribution in [2.45, 2.75) is 13.8 Å². The Balaban J connectivity index is 2.63. The third kappa shape index (κ3) is 1.66. The summed E-state index contributed by atoms with van der Waals surface area (Å²) in [4.78, 5) is 19.0. The zero-order valence-electron chi connectivity index (χ0n) is 8.52. The van der Waals surface area contributed by atoms with Gasteiger partial charge in [0.05, 0.1) is 5.69 Å². The summed E-state index contributed by atoms with van der Waals surface area (Å²) in [6.07, 6.45) is 3.97. The number of aryl methyl sites for hydroxylation is 2. The standard InChI is InChI=1S/C11H10N2O2/c1-7-11(15-8(2)13-7)10-5-12-4-3-9(10)6-14/h3-6H,1-2H3. The second-order valence-electron chi connectivity index (χ2n) is 3.23. The van der Waals surface area contributed by atoms with Gasteiger partial charge in [-0.25, -0.2) is 4.98 Å². The van der Waals surface area contributed by atoms with Gasteiger partial charge >= 0.3 is 0 Å². The van der Waals surface area contributed by atoms with Crippen molar-refractivity contribution in [1.29, 1.82) is 0 Å². The van der Waals surface area contributed by atoms with Crippen molar-refractivity contribution in [2.75, 3.05) is 0 Å². The monoisotopic (exact) mass is 202 g/mol. The summed E-state index contributed by atoms with van der Waals surface area (Å²) in [6, 6.07) is 1.65. The van der Waals surface area contributed by atoms with Gasteiger partial charge in [-0.3, -0.25) is 9.78 Å².